The van der Waals surface area contributed by atoms with E-state index in [-0.39, 0.29) is 93.0 Å². The maximum Gasteiger partial charge on any atom is 0.222 e. The van der Waals surface area contributed by atoms with E-state index in [9.17, 15) is 24.0 Å². The lowest BCUT2D eigenvalue weighted by atomic mass is 9.89. The minimum absolute atomic E-state index is 0. The molecule has 0 heterocycles. The molecule has 8 N–H and O–H groups in total. The molecule has 1 aromatic carbocycles. The summed E-state index contributed by atoms with van der Waals surface area (Å²) < 4.78 is 0. The van der Waals surface area contributed by atoms with Crippen molar-refractivity contribution in [1.29, 1.82) is 0 Å². The van der Waals surface area contributed by atoms with Crippen molar-refractivity contribution in [3.05, 3.63) is 85.0 Å². The van der Waals surface area contributed by atoms with E-state index in [1.165, 1.54) is 101 Å². The second kappa shape index (κ2) is 62.5. The molecule has 5 amide bonds. The van der Waals surface area contributed by atoms with Gasteiger partial charge in [0.2, 0.25) is 29.5 Å². The highest BCUT2D eigenvalue weighted by Gasteiger charge is 2.20. The van der Waals surface area contributed by atoms with Gasteiger partial charge in [-0.2, -0.15) is 0 Å². The van der Waals surface area contributed by atoms with Crippen LogP contribution in [-0.4, -0.2) is 92.3 Å². The molecule has 0 spiro atoms. The van der Waals surface area contributed by atoms with Gasteiger partial charge in [0.15, 0.2) is 0 Å². The van der Waals surface area contributed by atoms with Gasteiger partial charge in [-0.05, 0) is 115 Å². The number of hydrogen-bond acceptors (Lipinski definition) is 9. The quantitative estimate of drug-likeness (QED) is 0.0593. The number of nitrogens with one attached hydrogen (secondary N) is 8. The zero-order chi connectivity index (χ0) is 71.6. The molecule has 0 saturated heterocycles. The molecule has 14 nitrogen and oxygen atoms in total. The molecule has 0 radical (unpaired) electrons. The van der Waals surface area contributed by atoms with E-state index < -0.39 is 0 Å². The first-order chi connectivity index (χ1) is 42.1. The fourth-order valence-electron chi connectivity index (χ4n) is 8.11. The smallest absolute Gasteiger partial charge is 0.222 e. The molecule has 0 unspecified atom stereocenters. The van der Waals surface area contributed by atoms with Crippen molar-refractivity contribution >= 4 is 29.5 Å². The van der Waals surface area contributed by atoms with E-state index in [0.717, 1.165) is 36.0 Å². The molecule has 14 heteroatoms. The van der Waals surface area contributed by atoms with Crippen LogP contribution in [0.4, 0.5) is 0 Å². The molecule has 0 aliphatic heterocycles. The standard InChI is InChI=1S/C12H23N.C11H15NO.C10H19NO.C9H17NO.C8H17NO.C7H15NO.2C7H15N.C6H13N.3CH4/c1-10(2)11(3)13-9-12-7-5-4-6-8-12;1-9(2)11(13)12-8-10-6-4-3-5-7-10;1-8(2)10(12)11-9-6-4-3-5-7-9;1-7(2)9(11)10-8-5-3-4-6-8;1-6(2)7(10)9-8(3,4)5;1-5(2)7(9)8-6(3)4;1-6(2)7(3)8(4)5;1-5-8-7(4)6(2)3;1-5(2)6(3)7-4;;;/h10,12-13H,3-9H2,1-2H3;3-7,9H,8H2,1-2H3,(H,12,13);8-9H,3-7H2,1-2H3,(H,11,12);7-8H,3-6H2,1-2H3,(H,10,11);6H,1-5H3,(H,9,10);5-6H,1-4H3,(H,8,9);6H,3H2,1-2,4-5H3;6,8H,4-5H2,1-3H3;5,7H,3H2,1-2,4H3;3*1H4. The highest BCUT2D eigenvalue weighted by Crippen LogP contribution is 2.23. The Balaban J connectivity index is -0.000000148. The molecular formula is C80H161N9O5. The average Bonchev–Trinajstić information content (AvgIpc) is 2.15. The van der Waals surface area contributed by atoms with Crippen LogP contribution in [0.25, 0.3) is 0 Å². The van der Waals surface area contributed by atoms with Crippen LogP contribution in [0.15, 0.2) is 79.4 Å². The average molecular weight is 1330 g/mol. The van der Waals surface area contributed by atoms with Crippen molar-refractivity contribution in [2.45, 2.75) is 309 Å². The van der Waals surface area contributed by atoms with Gasteiger partial charge in [-0.1, -0.05) is 255 Å². The third-order valence-corrected chi connectivity index (χ3v) is 14.9. The molecule has 3 saturated carbocycles. The van der Waals surface area contributed by atoms with Gasteiger partial charge in [0, 0.05) is 117 Å². The Bertz CT molecular complexity index is 2040. The second-order valence-corrected chi connectivity index (χ2v) is 29.0. The van der Waals surface area contributed by atoms with Crippen LogP contribution in [0, 0.1) is 59.2 Å². The third-order valence-electron chi connectivity index (χ3n) is 14.9. The molecule has 4 rings (SSSR count). The summed E-state index contributed by atoms with van der Waals surface area (Å²) in [6.07, 6.45) is 18.3. The molecule has 0 atom stereocenters. The zero-order valence-corrected chi connectivity index (χ0v) is 64.2. The summed E-state index contributed by atoms with van der Waals surface area (Å²) in [5.41, 5.74) is 5.65. The Morgan fingerprint density at radius 3 is 1.05 bits per heavy atom. The Labute approximate surface area is 585 Å². The van der Waals surface area contributed by atoms with Gasteiger partial charge in [0.05, 0.1) is 0 Å². The molecule has 3 fully saturated rings. The predicted octanol–water partition coefficient (Wildman–Crippen LogP) is 18.6. The third kappa shape index (κ3) is 66.7. The first-order valence-electron chi connectivity index (χ1n) is 35.2. The lowest BCUT2D eigenvalue weighted by Gasteiger charge is -2.23. The monoisotopic (exact) mass is 1330 g/mol. The Morgan fingerprint density at radius 2 is 0.809 bits per heavy atom. The number of rotatable bonds is 21. The van der Waals surface area contributed by atoms with Gasteiger partial charge in [-0.15, -0.1) is 0 Å². The zero-order valence-electron chi connectivity index (χ0n) is 64.2. The molecule has 94 heavy (non-hydrogen) atoms. The van der Waals surface area contributed by atoms with E-state index in [2.05, 4.69) is 131 Å². The van der Waals surface area contributed by atoms with Crippen LogP contribution in [0.1, 0.15) is 284 Å². The fraction of sp³-hybridized carbons (Fsp3) is 0.762. The van der Waals surface area contributed by atoms with E-state index >= 15 is 0 Å². The summed E-state index contributed by atoms with van der Waals surface area (Å²) in [6, 6.07) is 11.1. The summed E-state index contributed by atoms with van der Waals surface area (Å²) in [5.74, 6) is 4.45. The van der Waals surface area contributed by atoms with E-state index in [1.807, 2.05) is 160 Å². The van der Waals surface area contributed by atoms with Crippen molar-refractivity contribution in [2.24, 2.45) is 59.2 Å². The number of carbonyl (C=O) groups excluding carboxylic acids is 5. The minimum atomic E-state index is -0.0959. The number of hydrogen-bond donors (Lipinski definition) is 8. The SMILES string of the molecule is C.C.C.C=C(C(C)C)N(C)C.C=C(NC)C(C)C.C=C(NCC)C(C)C.C=C(NCC1CCCCC1)C(C)C.CC(C)C(=O)NC(C)(C)C.CC(C)C(=O)NC1CCCC1.CC(C)C(=O)NC1CCCCC1.CC(C)C(=O)NCc1ccccc1.CC(C)NC(=O)C(C)C. The number of nitrogens with zero attached hydrogens (tertiary/aromatic N) is 1. The summed E-state index contributed by atoms with van der Waals surface area (Å²) in [7, 11) is 5.92. The van der Waals surface area contributed by atoms with Gasteiger partial charge in [0.25, 0.3) is 0 Å². The topological polar surface area (TPSA) is 185 Å². The maximum atomic E-state index is 11.3. The van der Waals surface area contributed by atoms with Crippen LogP contribution in [0.2, 0.25) is 0 Å². The highest BCUT2D eigenvalue weighted by molar-refractivity contribution is 5.79. The van der Waals surface area contributed by atoms with Gasteiger partial charge in [0.1, 0.15) is 0 Å². The second-order valence-electron chi connectivity index (χ2n) is 29.0. The van der Waals surface area contributed by atoms with Crippen molar-refractivity contribution in [3.8, 4) is 0 Å². The van der Waals surface area contributed by atoms with Gasteiger partial charge >= 0.3 is 0 Å². The largest absolute Gasteiger partial charge is 0.392 e. The molecule has 0 bridgehead atoms. The molecule has 0 aromatic heterocycles. The number of amides is 5. The molecule has 3 aliphatic rings. The summed E-state index contributed by atoms with van der Waals surface area (Å²) in [5, 5.41) is 24.2. The maximum absolute atomic E-state index is 11.3. The van der Waals surface area contributed by atoms with Crippen LogP contribution in [0.3, 0.4) is 0 Å². The van der Waals surface area contributed by atoms with E-state index in [4.69, 9.17) is 0 Å². The molecule has 556 valence electrons. The van der Waals surface area contributed by atoms with Crippen LogP contribution in [0.5, 0.6) is 0 Å². The lowest BCUT2D eigenvalue weighted by molar-refractivity contribution is -0.126. The van der Waals surface area contributed by atoms with Crippen molar-refractivity contribution in [2.75, 3.05) is 34.2 Å². The van der Waals surface area contributed by atoms with Gasteiger partial charge < -0.3 is 47.4 Å². The lowest BCUT2D eigenvalue weighted by Crippen LogP contribution is -2.42. The van der Waals surface area contributed by atoms with Crippen LogP contribution in [-0.2, 0) is 30.5 Å². The Morgan fingerprint density at radius 1 is 0.457 bits per heavy atom. The number of allylic oxidation sites excluding steroid dienone is 4. The number of carbonyl (C=O) groups is 5. The molecule has 1 aromatic rings. The molecular weight excluding hydrogens is 1170 g/mol. The first kappa shape index (κ1) is 105. The Kier molecular flexibility index (Phi) is 69.7. The summed E-state index contributed by atoms with van der Waals surface area (Å²) >= 11 is 0. The van der Waals surface area contributed by atoms with Gasteiger partial charge in [-0.25, -0.2) is 0 Å². The normalized spacial score (nSPS) is 13.3. The van der Waals surface area contributed by atoms with E-state index in [1.54, 1.807) is 0 Å². The van der Waals surface area contributed by atoms with Crippen molar-refractivity contribution in [1.82, 2.24) is 47.4 Å². The minimum Gasteiger partial charge on any atom is -0.392 e. The van der Waals surface area contributed by atoms with Gasteiger partial charge in [-0.3, -0.25) is 24.0 Å². The van der Waals surface area contributed by atoms with Crippen molar-refractivity contribution < 1.29 is 24.0 Å². The van der Waals surface area contributed by atoms with Crippen LogP contribution < -0.4 is 42.5 Å². The molecule has 3 aliphatic carbocycles. The van der Waals surface area contributed by atoms with Crippen molar-refractivity contribution in [3.63, 3.8) is 0 Å². The Hall–Kier alpha value is -5.27. The summed E-state index contributed by atoms with van der Waals surface area (Å²) in [4.78, 5) is 57.6. The first-order valence-corrected chi connectivity index (χ1v) is 35.2. The van der Waals surface area contributed by atoms with Crippen LogP contribution >= 0.6 is 0 Å². The predicted molar refractivity (Wildman–Crippen MR) is 416 cm³/mol. The summed E-state index contributed by atoms with van der Waals surface area (Å²) in [6.45, 7) is 66.4. The number of benzene rings is 1. The van der Waals surface area contributed by atoms with E-state index in [0.29, 0.717) is 42.3 Å². The highest BCUT2D eigenvalue weighted by atomic mass is 16.2. The fourth-order valence-corrected chi connectivity index (χ4v) is 8.11.